The summed E-state index contributed by atoms with van der Waals surface area (Å²) in [6, 6.07) is 9.72. The highest BCUT2D eigenvalue weighted by molar-refractivity contribution is 5.97. The average molecular weight is 505 g/mol. The van der Waals surface area contributed by atoms with Gasteiger partial charge in [-0.15, -0.1) is 0 Å². The van der Waals surface area contributed by atoms with Gasteiger partial charge in [-0.2, -0.15) is 0 Å². The van der Waals surface area contributed by atoms with Crippen LogP contribution in [0.2, 0.25) is 0 Å². The zero-order valence-electron chi connectivity index (χ0n) is 21.6. The molecule has 0 aliphatic heterocycles. The van der Waals surface area contributed by atoms with Crippen molar-refractivity contribution in [2.24, 2.45) is 5.92 Å². The molecule has 5 rings (SSSR count). The fraction of sp³-hybridized carbons (Fsp3) is 0.500. The lowest BCUT2D eigenvalue weighted by Gasteiger charge is -2.27. The second kappa shape index (κ2) is 11.4. The molecule has 37 heavy (non-hydrogen) atoms. The summed E-state index contributed by atoms with van der Waals surface area (Å²) in [7, 11) is 1.27. The number of amides is 1. The van der Waals surface area contributed by atoms with Gasteiger partial charge in [0.2, 0.25) is 0 Å². The third-order valence-corrected chi connectivity index (χ3v) is 7.95. The van der Waals surface area contributed by atoms with Crippen LogP contribution in [0.15, 0.2) is 45.6 Å². The van der Waals surface area contributed by atoms with E-state index < -0.39 is 17.9 Å². The van der Waals surface area contributed by atoms with Crippen molar-refractivity contribution >= 4 is 22.8 Å². The van der Waals surface area contributed by atoms with Crippen LogP contribution in [0.3, 0.4) is 0 Å². The van der Waals surface area contributed by atoms with E-state index in [1.54, 1.807) is 18.2 Å². The van der Waals surface area contributed by atoms with Crippen molar-refractivity contribution in [3.05, 3.63) is 69.3 Å². The quantitative estimate of drug-likeness (QED) is 0.449. The van der Waals surface area contributed by atoms with Gasteiger partial charge in [0, 0.05) is 17.6 Å². The molecule has 2 aliphatic carbocycles. The number of rotatable bonds is 6. The number of carbonyl (C=O) groups is 2. The Bertz CT molecular complexity index is 1300. The molecule has 1 atom stereocenters. The number of benzene rings is 1. The lowest BCUT2D eigenvalue weighted by Crippen LogP contribution is -2.40. The predicted octanol–water partition coefficient (Wildman–Crippen LogP) is 5.48. The average Bonchev–Trinajstić information content (AvgIpc) is 3.33. The van der Waals surface area contributed by atoms with E-state index >= 15 is 0 Å². The zero-order chi connectivity index (χ0) is 25.8. The SMILES string of the molecule is COC(=O)C(NC(=O)c1cc2c(n(CC3CCCCC3)c1=O)CCCCCC2)c1cc2ccccc2o1. The molecule has 1 unspecified atom stereocenters. The van der Waals surface area contributed by atoms with Crippen molar-refractivity contribution in [3.63, 3.8) is 0 Å². The predicted molar refractivity (Wildman–Crippen MR) is 142 cm³/mol. The van der Waals surface area contributed by atoms with Gasteiger partial charge in [-0.25, -0.2) is 4.79 Å². The van der Waals surface area contributed by atoms with Crippen molar-refractivity contribution in [1.82, 2.24) is 9.88 Å². The fourth-order valence-corrected chi connectivity index (χ4v) is 5.94. The number of aromatic nitrogens is 1. The third-order valence-electron chi connectivity index (χ3n) is 7.95. The Labute approximate surface area is 217 Å². The first kappa shape index (κ1) is 25.3. The minimum absolute atomic E-state index is 0.0835. The summed E-state index contributed by atoms with van der Waals surface area (Å²) in [5, 5.41) is 3.56. The zero-order valence-corrected chi connectivity index (χ0v) is 21.6. The largest absolute Gasteiger partial charge is 0.467 e. The van der Waals surface area contributed by atoms with Crippen LogP contribution >= 0.6 is 0 Å². The number of hydrogen-bond acceptors (Lipinski definition) is 5. The van der Waals surface area contributed by atoms with E-state index in [2.05, 4.69) is 5.32 Å². The number of ether oxygens (including phenoxy) is 1. The minimum atomic E-state index is -1.15. The summed E-state index contributed by atoms with van der Waals surface area (Å²) in [5.41, 5.74) is 2.60. The summed E-state index contributed by atoms with van der Waals surface area (Å²) in [6.07, 6.45) is 12.0. The number of carbonyl (C=O) groups excluding carboxylic acids is 2. The molecule has 7 heteroatoms. The topological polar surface area (TPSA) is 90.5 Å². The number of nitrogens with zero attached hydrogens (tertiary/aromatic N) is 1. The number of methoxy groups -OCH3 is 1. The van der Waals surface area contributed by atoms with Gasteiger partial charge in [-0.3, -0.25) is 9.59 Å². The van der Waals surface area contributed by atoms with Crippen LogP contribution in [-0.2, 0) is 28.9 Å². The van der Waals surface area contributed by atoms with Crippen LogP contribution in [0.1, 0.15) is 91.2 Å². The molecule has 1 amide bonds. The van der Waals surface area contributed by atoms with Crippen molar-refractivity contribution in [2.45, 2.75) is 83.2 Å². The molecule has 2 heterocycles. The summed E-state index contributed by atoms with van der Waals surface area (Å²) in [6.45, 7) is 0.659. The van der Waals surface area contributed by atoms with E-state index in [4.69, 9.17) is 9.15 Å². The van der Waals surface area contributed by atoms with Crippen LogP contribution in [0.5, 0.6) is 0 Å². The maximum atomic E-state index is 13.8. The number of esters is 1. The van der Waals surface area contributed by atoms with Crippen molar-refractivity contribution in [1.29, 1.82) is 0 Å². The maximum Gasteiger partial charge on any atom is 0.336 e. The Morgan fingerprint density at radius 2 is 1.76 bits per heavy atom. The Balaban J connectivity index is 1.51. The van der Waals surface area contributed by atoms with Crippen LogP contribution < -0.4 is 10.9 Å². The molecular weight excluding hydrogens is 468 g/mol. The molecular formula is C30H36N2O5. The number of furan rings is 1. The third kappa shape index (κ3) is 5.50. The smallest absolute Gasteiger partial charge is 0.336 e. The summed E-state index contributed by atoms with van der Waals surface area (Å²) < 4.78 is 12.7. The van der Waals surface area contributed by atoms with E-state index in [1.165, 1.54) is 26.4 Å². The second-order valence-corrected chi connectivity index (χ2v) is 10.5. The minimum Gasteiger partial charge on any atom is -0.467 e. The molecule has 3 aromatic rings. The standard InChI is InChI=1S/C30H36N2O5/c1-36-30(35)27(26-18-22-14-9-10-16-25(22)37-26)31-28(33)23-17-21-13-7-2-3-8-15-24(21)32(29(23)34)19-20-11-5-4-6-12-20/h9-10,14,16-18,20,27H,2-8,11-13,15,19H2,1H3,(H,31,33). The summed E-state index contributed by atoms with van der Waals surface area (Å²) in [5.74, 6) is -0.503. The molecule has 0 radical (unpaired) electrons. The highest BCUT2D eigenvalue weighted by Gasteiger charge is 2.30. The molecule has 2 aromatic heterocycles. The van der Waals surface area contributed by atoms with E-state index in [1.807, 2.05) is 22.8 Å². The van der Waals surface area contributed by atoms with E-state index in [0.29, 0.717) is 18.0 Å². The van der Waals surface area contributed by atoms with Crippen LogP contribution in [0.4, 0.5) is 0 Å². The summed E-state index contributed by atoms with van der Waals surface area (Å²) in [4.78, 5) is 40.1. The highest BCUT2D eigenvalue weighted by atomic mass is 16.5. The van der Waals surface area contributed by atoms with Crippen molar-refractivity contribution in [2.75, 3.05) is 7.11 Å². The van der Waals surface area contributed by atoms with Gasteiger partial charge in [0.25, 0.3) is 11.5 Å². The first-order chi connectivity index (χ1) is 18.0. The van der Waals surface area contributed by atoms with Gasteiger partial charge in [0.05, 0.1) is 7.11 Å². The fourth-order valence-electron chi connectivity index (χ4n) is 5.94. The van der Waals surface area contributed by atoms with Crippen molar-refractivity contribution in [3.8, 4) is 0 Å². The molecule has 196 valence electrons. The molecule has 0 spiro atoms. The van der Waals surface area contributed by atoms with Gasteiger partial charge in [0.1, 0.15) is 16.9 Å². The van der Waals surface area contributed by atoms with E-state index in [-0.39, 0.29) is 16.9 Å². The van der Waals surface area contributed by atoms with Crippen LogP contribution in [-0.4, -0.2) is 23.6 Å². The van der Waals surface area contributed by atoms with Crippen molar-refractivity contribution < 1.29 is 18.7 Å². The Hall–Kier alpha value is -3.35. The molecule has 1 N–H and O–H groups in total. The molecule has 1 fully saturated rings. The Kier molecular flexibility index (Phi) is 7.77. The van der Waals surface area contributed by atoms with Gasteiger partial charge in [-0.1, -0.05) is 50.3 Å². The lowest BCUT2D eigenvalue weighted by atomic mass is 9.88. The van der Waals surface area contributed by atoms with Gasteiger partial charge in [-0.05, 0) is 68.2 Å². The number of nitrogens with one attached hydrogen (secondary N) is 1. The second-order valence-electron chi connectivity index (χ2n) is 10.5. The normalized spacial score (nSPS) is 17.4. The number of aryl methyl sites for hydroxylation is 1. The highest BCUT2D eigenvalue weighted by Crippen LogP contribution is 2.28. The van der Waals surface area contributed by atoms with E-state index in [0.717, 1.165) is 68.0 Å². The molecule has 1 saturated carbocycles. The Morgan fingerprint density at radius 3 is 2.51 bits per heavy atom. The number of hydrogen-bond donors (Lipinski definition) is 1. The molecule has 0 saturated heterocycles. The first-order valence-electron chi connectivity index (χ1n) is 13.7. The summed E-state index contributed by atoms with van der Waals surface area (Å²) >= 11 is 0. The number of fused-ring (bicyclic) bond motifs is 2. The molecule has 0 bridgehead atoms. The molecule has 2 aliphatic rings. The number of pyridine rings is 1. The monoisotopic (exact) mass is 504 g/mol. The molecule has 1 aromatic carbocycles. The van der Waals surface area contributed by atoms with Crippen LogP contribution in [0.25, 0.3) is 11.0 Å². The van der Waals surface area contributed by atoms with E-state index in [9.17, 15) is 14.4 Å². The number of para-hydroxylation sites is 1. The van der Waals surface area contributed by atoms with Gasteiger partial charge < -0.3 is 19.0 Å². The van der Waals surface area contributed by atoms with Crippen LogP contribution in [0, 0.1) is 5.92 Å². The first-order valence-corrected chi connectivity index (χ1v) is 13.7. The maximum absolute atomic E-state index is 13.8. The lowest BCUT2D eigenvalue weighted by molar-refractivity contribution is -0.143. The van der Waals surface area contributed by atoms with Gasteiger partial charge in [0.15, 0.2) is 6.04 Å². The Morgan fingerprint density at radius 1 is 1.03 bits per heavy atom. The molecule has 7 nitrogen and oxygen atoms in total. The van der Waals surface area contributed by atoms with Gasteiger partial charge >= 0.3 is 5.97 Å².